The number of carbonyl (C=O) groups is 2. The summed E-state index contributed by atoms with van der Waals surface area (Å²) in [6, 6.07) is 0. The van der Waals surface area contributed by atoms with Crippen LogP contribution in [0.1, 0.15) is 32.6 Å². The fourth-order valence-corrected chi connectivity index (χ4v) is 1.78. The lowest BCUT2D eigenvalue weighted by Gasteiger charge is -2.32. The molecule has 0 saturated heterocycles. The molecule has 1 rings (SSSR count). The van der Waals surface area contributed by atoms with Gasteiger partial charge in [0.05, 0.1) is 5.41 Å². The molecule has 0 amide bonds. The molecule has 3 heteroatoms. The summed E-state index contributed by atoms with van der Waals surface area (Å²) in [4.78, 5) is 22.0. The average molecular weight is 182 g/mol. The van der Waals surface area contributed by atoms with E-state index >= 15 is 0 Å². The molecule has 0 bridgehead atoms. The van der Waals surface area contributed by atoms with Crippen LogP contribution in [0.2, 0.25) is 0 Å². The zero-order valence-electron chi connectivity index (χ0n) is 7.80. The molecular weight excluding hydrogens is 168 g/mol. The molecule has 0 radical (unpaired) electrons. The summed E-state index contributed by atoms with van der Waals surface area (Å²) in [5.74, 6) is -0.675. The van der Waals surface area contributed by atoms with Gasteiger partial charge in [-0.15, -0.1) is 0 Å². The second-order valence-electron chi connectivity index (χ2n) is 3.71. The van der Waals surface area contributed by atoms with Crippen LogP contribution >= 0.6 is 0 Å². The molecule has 1 aliphatic carbocycles. The summed E-state index contributed by atoms with van der Waals surface area (Å²) in [5.41, 5.74) is -0.180. The Hall–Kier alpha value is -1.12. The molecule has 1 N–H and O–H groups in total. The van der Waals surface area contributed by atoms with E-state index in [1.807, 2.05) is 0 Å². The number of hydrogen-bond acceptors (Lipinski definition) is 2. The molecule has 0 unspecified atom stereocenters. The monoisotopic (exact) mass is 182 g/mol. The van der Waals surface area contributed by atoms with Crippen LogP contribution in [0, 0.1) is 5.41 Å². The molecule has 0 aromatic carbocycles. The third kappa shape index (κ3) is 1.64. The Balaban J connectivity index is 2.87. The van der Waals surface area contributed by atoms with Crippen molar-refractivity contribution in [3.63, 3.8) is 0 Å². The van der Waals surface area contributed by atoms with Crippen LogP contribution in [0.15, 0.2) is 12.2 Å². The molecule has 0 aromatic heterocycles. The zero-order valence-corrected chi connectivity index (χ0v) is 7.80. The Bertz CT molecular complexity index is 239. The molecule has 0 heterocycles. The SMILES string of the molecule is C=C(C)C1(C(=O)O)CCC(=O)CC1. The lowest BCUT2D eigenvalue weighted by Crippen LogP contribution is -2.36. The molecule has 72 valence electrons. The first-order valence-corrected chi connectivity index (χ1v) is 4.40. The van der Waals surface area contributed by atoms with Crippen molar-refractivity contribution in [1.29, 1.82) is 0 Å². The third-order valence-corrected chi connectivity index (χ3v) is 2.89. The molecular formula is C10H14O3. The molecule has 0 aliphatic heterocycles. The van der Waals surface area contributed by atoms with Crippen molar-refractivity contribution in [2.45, 2.75) is 32.6 Å². The Morgan fingerprint density at radius 1 is 1.46 bits per heavy atom. The van der Waals surface area contributed by atoms with Gasteiger partial charge in [-0.25, -0.2) is 0 Å². The molecule has 0 spiro atoms. The molecule has 1 aliphatic rings. The number of Topliss-reactive ketones (excluding diaryl/α,β-unsaturated/α-hetero) is 1. The van der Waals surface area contributed by atoms with Crippen molar-refractivity contribution in [3.05, 3.63) is 12.2 Å². The fourth-order valence-electron chi connectivity index (χ4n) is 1.78. The highest BCUT2D eigenvalue weighted by molar-refractivity contribution is 5.85. The summed E-state index contributed by atoms with van der Waals surface area (Å²) >= 11 is 0. The molecule has 0 aromatic rings. The van der Waals surface area contributed by atoms with Crippen molar-refractivity contribution < 1.29 is 14.7 Å². The van der Waals surface area contributed by atoms with Gasteiger partial charge < -0.3 is 5.11 Å². The van der Waals surface area contributed by atoms with Crippen molar-refractivity contribution >= 4 is 11.8 Å². The van der Waals surface area contributed by atoms with Crippen molar-refractivity contribution in [2.24, 2.45) is 5.41 Å². The second-order valence-corrected chi connectivity index (χ2v) is 3.71. The largest absolute Gasteiger partial charge is 0.481 e. The quantitative estimate of drug-likeness (QED) is 0.662. The van der Waals surface area contributed by atoms with Gasteiger partial charge >= 0.3 is 5.97 Å². The number of carboxylic acids is 1. The maximum Gasteiger partial charge on any atom is 0.313 e. The van der Waals surface area contributed by atoms with Crippen LogP contribution in [0.25, 0.3) is 0 Å². The summed E-state index contributed by atoms with van der Waals surface area (Å²) in [5, 5.41) is 9.07. The number of carbonyl (C=O) groups excluding carboxylic acids is 1. The molecule has 13 heavy (non-hydrogen) atoms. The molecule has 1 saturated carbocycles. The van der Waals surface area contributed by atoms with Gasteiger partial charge in [0, 0.05) is 12.8 Å². The van der Waals surface area contributed by atoms with Crippen LogP contribution < -0.4 is 0 Å². The zero-order chi connectivity index (χ0) is 10.1. The standard InChI is InChI=1S/C10H14O3/c1-7(2)10(9(12)13)5-3-8(11)4-6-10/h1,3-6H2,2H3,(H,12,13). The van der Waals surface area contributed by atoms with E-state index in [4.69, 9.17) is 5.11 Å². The minimum absolute atomic E-state index is 0.165. The van der Waals surface area contributed by atoms with Gasteiger partial charge in [0.1, 0.15) is 5.78 Å². The normalized spacial score (nSPS) is 21.2. The van der Waals surface area contributed by atoms with Crippen molar-refractivity contribution in [3.8, 4) is 0 Å². The highest BCUT2D eigenvalue weighted by atomic mass is 16.4. The van der Waals surface area contributed by atoms with Crippen LogP contribution in [0.3, 0.4) is 0 Å². The van der Waals surface area contributed by atoms with Crippen molar-refractivity contribution in [1.82, 2.24) is 0 Å². The van der Waals surface area contributed by atoms with Crippen LogP contribution in [0.5, 0.6) is 0 Å². The maximum atomic E-state index is 11.1. The Kier molecular flexibility index (Phi) is 2.55. The number of hydrogen-bond donors (Lipinski definition) is 1. The molecule has 3 nitrogen and oxygen atoms in total. The van der Waals surface area contributed by atoms with E-state index in [0.29, 0.717) is 31.3 Å². The first kappa shape index (κ1) is 9.96. The minimum atomic E-state index is -0.840. The average Bonchev–Trinajstić information content (AvgIpc) is 2.04. The second kappa shape index (κ2) is 3.32. The first-order valence-electron chi connectivity index (χ1n) is 4.40. The third-order valence-electron chi connectivity index (χ3n) is 2.89. The topological polar surface area (TPSA) is 54.4 Å². The van der Waals surface area contributed by atoms with Gasteiger partial charge in [0.2, 0.25) is 0 Å². The van der Waals surface area contributed by atoms with E-state index in [1.165, 1.54) is 0 Å². The van der Waals surface area contributed by atoms with Gasteiger partial charge in [-0.3, -0.25) is 9.59 Å². The van der Waals surface area contributed by atoms with Gasteiger partial charge in [0.15, 0.2) is 0 Å². The van der Waals surface area contributed by atoms with E-state index in [2.05, 4.69) is 6.58 Å². The van der Waals surface area contributed by atoms with E-state index in [-0.39, 0.29) is 5.78 Å². The van der Waals surface area contributed by atoms with Gasteiger partial charge in [0.25, 0.3) is 0 Å². The first-order chi connectivity index (χ1) is 5.99. The van der Waals surface area contributed by atoms with E-state index in [9.17, 15) is 9.59 Å². The Morgan fingerprint density at radius 2 is 1.92 bits per heavy atom. The minimum Gasteiger partial charge on any atom is -0.481 e. The van der Waals surface area contributed by atoms with E-state index in [0.717, 1.165) is 0 Å². The summed E-state index contributed by atoms with van der Waals surface area (Å²) in [6.45, 7) is 5.43. The smallest absolute Gasteiger partial charge is 0.313 e. The molecule has 1 fully saturated rings. The van der Waals surface area contributed by atoms with E-state index in [1.54, 1.807) is 6.92 Å². The predicted octanol–water partition coefficient (Wildman–Crippen LogP) is 1.78. The number of ketones is 1. The number of rotatable bonds is 2. The molecule has 0 atom stereocenters. The van der Waals surface area contributed by atoms with Crippen LogP contribution in [-0.2, 0) is 9.59 Å². The summed E-state index contributed by atoms with van der Waals surface area (Å²) in [7, 11) is 0. The van der Waals surface area contributed by atoms with Gasteiger partial charge in [-0.2, -0.15) is 0 Å². The van der Waals surface area contributed by atoms with Crippen molar-refractivity contribution in [2.75, 3.05) is 0 Å². The summed E-state index contributed by atoms with van der Waals surface area (Å²) < 4.78 is 0. The Labute approximate surface area is 77.4 Å². The Morgan fingerprint density at radius 3 is 2.23 bits per heavy atom. The van der Waals surface area contributed by atoms with Gasteiger partial charge in [-0.1, -0.05) is 12.2 Å². The highest BCUT2D eigenvalue weighted by Gasteiger charge is 2.42. The highest BCUT2D eigenvalue weighted by Crippen LogP contribution is 2.40. The number of aliphatic carboxylic acids is 1. The summed E-state index contributed by atoms with van der Waals surface area (Å²) in [6.07, 6.45) is 1.57. The van der Waals surface area contributed by atoms with Crippen LogP contribution in [-0.4, -0.2) is 16.9 Å². The fraction of sp³-hybridized carbons (Fsp3) is 0.600. The lowest BCUT2D eigenvalue weighted by atomic mass is 9.69. The lowest BCUT2D eigenvalue weighted by molar-refractivity contribution is -0.149. The van der Waals surface area contributed by atoms with Gasteiger partial charge in [-0.05, 0) is 19.8 Å². The predicted molar refractivity (Wildman–Crippen MR) is 48.4 cm³/mol. The van der Waals surface area contributed by atoms with E-state index < -0.39 is 11.4 Å². The maximum absolute atomic E-state index is 11.1. The number of carboxylic acid groups (broad SMARTS) is 1. The van der Waals surface area contributed by atoms with Crippen LogP contribution in [0.4, 0.5) is 0 Å².